The van der Waals surface area contributed by atoms with E-state index in [0.29, 0.717) is 18.8 Å². The van der Waals surface area contributed by atoms with Crippen LogP contribution < -0.4 is 5.73 Å². The summed E-state index contributed by atoms with van der Waals surface area (Å²) in [6.07, 6.45) is 5.17. The molecule has 0 spiro atoms. The molecule has 0 aromatic carbocycles. The van der Waals surface area contributed by atoms with Gasteiger partial charge in [-0.25, -0.2) is 4.98 Å². The van der Waals surface area contributed by atoms with E-state index in [4.69, 9.17) is 5.73 Å². The maximum absolute atomic E-state index is 12.1. The van der Waals surface area contributed by atoms with Gasteiger partial charge in [-0.05, 0) is 12.8 Å². The number of carbonyl (C=O) groups is 2. The molecule has 1 saturated heterocycles. The molecule has 0 aliphatic carbocycles. The van der Waals surface area contributed by atoms with E-state index < -0.39 is 0 Å². The molecule has 2 heterocycles. The Balaban J connectivity index is 1.86. The fraction of sp³-hybridized carbons (Fsp3) is 0.583. The number of hydrogen-bond acceptors (Lipinski definition) is 4. The van der Waals surface area contributed by atoms with Gasteiger partial charge in [-0.1, -0.05) is 11.8 Å². The summed E-state index contributed by atoms with van der Waals surface area (Å²) >= 11 is 1.41. The zero-order valence-corrected chi connectivity index (χ0v) is 11.7. The van der Waals surface area contributed by atoms with E-state index in [2.05, 4.69) is 4.98 Å². The first-order chi connectivity index (χ1) is 9.08. The number of amides is 2. The van der Waals surface area contributed by atoms with Gasteiger partial charge in [-0.15, -0.1) is 0 Å². The molecule has 1 aromatic heterocycles. The predicted octanol–water partition coefficient (Wildman–Crippen LogP) is 0.236. The van der Waals surface area contributed by atoms with Crippen molar-refractivity contribution < 1.29 is 9.59 Å². The second-order valence-electron chi connectivity index (χ2n) is 4.69. The number of aryl methyl sites for hydroxylation is 1. The molecule has 2 amide bonds. The fourth-order valence-corrected chi connectivity index (χ4v) is 2.98. The molecule has 1 atom stereocenters. The highest BCUT2D eigenvalue weighted by molar-refractivity contribution is 7.99. The number of imidazole rings is 1. The summed E-state index contributed by atoms with van der Waals surface area (Å²) < 4.78 is 1.88. The third kappa shape index (κ3) is 3.50. The van der Waals surface area contributed by atoms with Gasteiger partial charge in [0.2, 0.25) is 11.8 Å². The topological polar surface area (TPSA) is 81.2 Å². The number of nitrogens with two attached hydrogens (primary N) is 1. The maximum Gasteiger partial charge on any atom is 0.233 e. The number of carbonyl (C=O) groups excluding carboxylic acids is 2. The van der Waals surface area contributed by atoms with Gasteiger partial charge in [0.1, 0.15) is 0 Å². The van der Waals surface area contributed by atoms with Gasteiger partial charge in [-0.2, -0.15) is 0 Å². The van der Waals surface area contributed by atoms with E-state index in [-0.39, 0.29) is 17.7 Å². The number of aromatic nitrogens is 2. The van der Waals surface area contributed by atoms with Crippen molar-refractivity contribution in [2.45, 2.75) is 18.0 Å². The van der Waals surface area contributed by atoms with E-state index >= 15 is 0 Å². The van der Waals surface area contributed by atoms with Crippen molar-refractivity contribution in [2.75, 3.05) is 18.8 Å². The molecule has 1 unspecified atom stereocenters. The first-order valence-corrected chi connectivity index (χ1v) is 7.23. The Labute approximate surface area is 116 Å². The molecule has 2 rings (SSSR count). The second kappa shape index (κ2) is 6.10. The number of rotatable bonds is 4. The average Bonchev–Trinajstić information content (AvgIpc) is 2.81. The molecule has 0 bridgehead atoms. The number of primary amides is 1. The van der Waals surface area contributed by atoms with Gasteiger partial charge in [0.15, 0.2) is 5.16 Å². The van der Waals surface area contributed by atoms with Crippen LogP contribution in [0, 0.1) is 5.92 Å². The summed E-state index contributed by atoms with van der Waals surface area (Å²) in [5, 5.41) is 0.816. The van der Waals surface area contributed by atoms with Gasteiger partial charge in [0, 0.05) is 32.5 Å². The Bertz CT molecular complexity index is 474. The highest BCUT2D eigenvalue weighted by Crippen LogP contribution is 2.19. The van der Waals surface area contributed by atoms with Crippen molar-refractivity contribution >= 4 is 23.6 Å². The Morgan fingerprint density at radius 3 is 3.00 bits per heavy atom. The molecule has 2 N–H and O–H groups in total. The van der Waals surface area contributed by atoms with Crippen LogP contribution in [0.4, 0.5) is 0 Å². The highest BCUT2D eigenvalue weighted by atomic mass is 32.2. The summed E-state index contributed by atoms with van der Waals surface area (Å²) in [5.41, 5.74) is 5.31. The van der Waals surface area contributed by atoms with Crippen molar-refractivity contribution in [1.29, 1.82) is 0 Å². The molecule has 7 heteroatoms. The lowest BCUT2D eigenvalue weighted by atomic mass is 9.97. The van der Waals surface area contributed by atoms with E-state index in [9.17, 15) is 9.59 Å². The Morgan fingerprint density at radius 1 is 1.58 bits per heavy atom. The first-order valence-electron chi connectivity index (χ1n) is 6.25. The van der Waals surface area contributed by atoms with Crippen LogP contribution in [0.3, 0.4) is 0 Å². The van der Waals surface area contributed by atoms with Gasteiger partial charge < -0.3 is 15.2 Å². The minimum absolute atomic E-state index is 0.0407. The maximum atomic E-state index is 12.1. The van der Waals surface area contributed by atoms with E-state index in [1.54, 1.807) is 11.1 Å². The van der Waals surface area contributed by atoms with Crippen LogP contribution in [0.25, 0.3) is 0 Å². The lowest BCUT2D eigenvalue weighted by molar-refractivity contribution is -0.132. The van der Waals surface area contributed by atoms with Crippen LogP contribution in [-0.4, -0.2) is 45.1 Å². The monoisotopic (exact) mass is 282 g/mol. The van der Waals surface area contributed by atoms with Crippen LogP contribution in [0.5, 0.6) is 0 Å². The molecular weight excluding hydrogens is 264 g/mol. The number of thioether (sulfide) groups is 1. The normalized spacial score (nSPS) is 19.4. The van der Waals surface area contributed by atoms with Crippen molar-refractivity contribution in [2.24, 2.45) is 18.7 Å². The van der Waals surface area contributed by atoms with Gasteiger partial charge in [-0.3, -0.25) is 9.59 Å². The predicted molar refractivity (Wildman–Crippen MR) is 72.4 cm³/mol. The van der Waals surface area contributed by atoms with Crippen molar-refractivity contribution in [3.63, 3.8) is 0 Å². The molecular formula is C12H18N4O2S. The van der Waals surface area contributed by atoms with Gasteiger partial charge in [0.05, 0.1) is 11.7 Å². The summed E-state index contributed by atoms with van der Waals surface area (Å²) in [7, 11) is 1.89. The lowest BCUT2D eigenvalue weighted by Gasteiger charge is -2.31. The third-order valence-electron chi connectivity index (χ3n) is 3.28. The van der Waals surface area contributed by atoms with Crippen LogP contribution >= 0.6 is 11.8 Å². The zero-order chi connectivity index (χ0) is 13.8. The van der Waals surface area contributed by atoms with Crippen molar-refractivity contribution in [3.05, 3.63) is 12.4 Å². The fourth-order valence-electron chi connectivity index (χ4n) is 2.14. The average molecular weight is 282 g/mol. The number of hydrogen-bond donors (Lipinski definition) is 1. The molecule has 19 heavy (non-hydrogen) atoms. The van der Waals surface area contributed by atoms with Gasteiger partial charge in [0.25, 0.3) is 0 Å². The molecule has 0 saturated carbocycles. The Kier molecular flexibility index (Phi) is 4.47. The largest absolute Gasteiger partial charge is 0.369 e. The van der Waals surface area contributed by atoms with Crippen molar-refractivity contribution in [3.8, 4) is 0 Å². The number of nitrogens with zero attached hydrogens (tertiary/aromatic N) is 3. The SMILES string of the molecule is Cn1ccnc1SCC(=O)N1CCCC(C(N)=O)C1. The number of likely N-dealkylation sites (tertiary alicyclic amines) is 1. The van der Waals surface area contributed by atoms with Crippen LogP contribution in [0.1, 0.15) is 12.8 Å². The first kappa shape index (κ1) is 13.9. The highest BCUT2D eigenvalue weighted by Gasteiger charge is 2.26. The molecule has 1 aliphatic rings. The molecule has 104 valence electrons. The standard InChI is InChI=1S/C12H18N4O2S/c1-15-6-4-14-12(15)19-8-10(17)16-5-2-3-9(7-16)11(13)18/h4,6,9H,2-3,5,7-8H2,1H3,(H2,13,18). The van der Waals surface area contributed by atoms with E-state index in [0.717, 1.165) is 18.0 Å². The van der Waals surface area contributed by atoms with Crippen molar-refractivity contribution in [1.82, 2.24) is 14.5 Å². The molecule has 0 radical (unpaired) electrons. The number of piperidine rings is 1. The van der Waals surface area contributed by atoms with Gasteiger partial charge >= 0.3 is 0 Å². The Morgan fingerprint density at radius 2 is 2.37 bits per heavy atom. The summed E-state index contributed by atoms with van der Waals surface area (Å²) in [5.74, 6) is -0.125. The zero-order valence-electron chi connectivity index (χ0n) is 10.9. The molecule has 6 nitrogen and oxygen atoms in total. The molecule has 1 aromatic rings. The minimum atomic E-state index is -0.311. The summed E-state index contributed by atoms with van der Waals surface area (Å²) in [4.78, 5) is 29.2. The third-order valence-corrected chi connectivity index (χ3v) is 4.32. The Hall–Kier alpha value is -1.50. The lowest BCUT2D eigenvalue weighted by Crippen LogP contribution is -2.44. The molecule has 1 fully saturated rings. The summed E-state index contributed by atoms with van der Waals surface area (Å²) in [6.45, 7) is 1.17. The van der Waals surface area contributed by atoms with E-state index in [1.807, 2.05) is 17.8 Å². The van der Waals surface area contributed by atoms with Crippen LogP contribution in [0.2, 0.25) is 0 Å². The quantitative estimate of drug-likeness (QED) is 0.802. The minimum Gasteiger partial charge on any atom is -0.369 e. The van der Waals surface area contributed by atoms with Crippen LogP contribution in [-0.2, 0) is 16.6 Å². The van der Waals surface area contributed by atoms with Crippen LogP contribution in [0.15, 0.2) is 17.6 Å². The molecule has 1 aliphatic heterocycles. The van der Waals surface area contributed by atoms with E-state index in [1.165, 1.54) is 11.8 Å². The smallest absolute Gasteiger partial charge is 0.233 e. The summed E-state index contributed by atoms with van der Waals surface area (Å²) in [6, 6.07) is 0. The second-order valence-corrected chi connectivity index (χ2v) is 5.63.